The third kappa shape index (κ3) is 7.91. The molecule has 0 aliphatic carbocycles. The molecule has 0 aromatic heterocycles. The van der Waals surface area contributed by atoms with E-state index in [-0.39, 0.29) is 35.6 Å². The van der Waals surface area contributed by atoms with Gasteiger partial charge in [-0.3, -0.25) is 19.7 Å². The number of carbonyl (C=O) groups is 2. The number of nitro benzene ring substituents is 1. The molecule has 3 aromatic carbocycles. The summed E-state index contributed by atoms with van der Waals surface area (Å²) < 4.78 is 13.5. The Balaban J connectivity index is 1.79. The summed E-state index contributed by atoms with van der Waals surface area (Å²) in [6.45, 7) is 2.41. The number of halogens is 1. The topological polar surface area (TPSA) is 92.6 Å². The predicted molar refractivity (Wildman–Crippen MR) is 139 cm³/mol. The molecular weight excluding hydrogens is 481 g/mol. The smallest absolute Gasteiger partial charge is 0.269 e. The summed E-state index contributed by atoms with van der Waals surface area (Å²) in [5.41, 5.74) is 2.50. The molecule has 3 aromatic rings. The second-order valence-corrected chi connectivity index (χ2v) is 9.15. The van der Waals surface area contributed by atoms with Crippen LogP contribution in [0.25, 0.3) is 0 Å². The van der Waals surface area contributed by atoms with Gasteiger partial charge in [-0.05, 0) is 35.7 Å². The van der Waals surface area contributed by atoms with Gasteiger partial charge in [0.1, 0.15) is 11.9 Å². The minimum absolute atomic E-state index is 0.0102. The second kappa shape index (κ2) is 13.4. The molecule has 9 heteroatoms. The lowest BCUT2D eigenvalue weighted by Crippen LogP contribution is -2.51. The molecule has 0 aliphatic rings. The molecule has 3 rings (SSSR count). The maximum atomic E-state index is 13.5. The molecule has 1 atom stereocenters. The van der Waals surface area contributed by atoms with Crippen LogP contribution in [-0.4, -0.2) is 40.0 Å². The zero-order valence-corrected chi connectivity index (χ0v) is 20.7. The number of nitrogens with zero attached hydrogens (tertiary/aromatic N) is 2. The van der Waals surface area contributed by atoms with E-state index in [2.05, 4.69) is 5.32 Å². The Bertz CT molecular complexity index is 1160. The monoisotopic (exact) mass is 509 g/mol. The molecule has 188 valence electrons. The molecule has 0 fully saturated rings. The minimum atomic E-state index is -0.745. The van der Waals surface area contributed by atoms with Crippen LogP contribution in [-0.2, 0) is 28.3 Å². The number of rotatable bonds is 12. The zero-order chi connectivity index (χ0) is 25.9. The molecule has 0 aliphatic heterocycles. The van der Waals surface area contributed by atoms with Crippen LogP contribution in [0, 0.1) is 15.9 Å². The number of nitro groups is 1. The van der Waals surface area contributed by atoms with Gasteiger partial charge in [0.05, 0.1) is 10.7 Å². The van der Waals surface area contributed by atoms with Crippen LogP contribution in [0.15, 0.2) is 78.9 Å². The van der Waals surface area contributed by atoms with Gasteiger partial charge in [-0.25, -0.2) is 4.39 Å². The van der Waals surface area contributed by atoms with E-state index in [1.54, 1.807) is 29.2 Å². The van der Waals surface area contributed by atoms with Gasteiger partial charge in [-0.2, -0.15) is 0 Å². The van der Waals surface area contributed by atoms with E-state index in [9.17, 15) is 24.1 Å². The Labute approximate surface area is 213 Å². The highest BCUT2D eigenvalue weighted by Gasteiger charge is 2.30. The quantitative estimate of drug-likeness (QED) is 0.281. The van der Waals surface area contributed by atoms with E-state index in [1.165, 1.54) is 36.0 Å². The lowest BCUT2D eigenvalue weighted by Gasteiger charge is -2.31. The van der Waals surface area contributed by atoms with E-state index in [4.69, 9.17) is 0 Å². The first-order valence-electron chi connectivity index (χ1n) is 11.5. The van der Waals surface area contributed by atoms with Crippen molar-refractivity contribution in [1.82, 2.24) is 10.2 Å². The lowest BCUT2D eigenvalue weighted by atomic mass is 10.0. The van der Waals surface area contributed by atoms with E-state index >= 15 is 0 Å². The van der Waals surface area contributed by atoms with Crippen molar-refractivity contribution in [1.29, 1.82) is 0 Å². The van der Waals surface area contributed by atoms with Gasteiger partial charge in [-0.15, -0.1) is 11.8 Å². The fourth-order valence-corrected chi connectivity index (χ4v) is 4.56. The molecule has 0 saturated heterocycles. The fraction of sp³-hybridized carbons (Fsp3) is 0.259. The molecule has 1 N–H and O–H groups in total. The van der Waals surface area contributed by atoms with Crippen LogP contribution in [0.5, 0.6) is 0 Å². The van der Waals surface area contributed by atoms with Crippen molar-refractivity contribution in [2.45, 2.75) is 31.7 Å². The van der Waals surface area contributed by atoms with Crippen molar-refractivity contribution in [3.05, 3.63) is 111 Å². The minimum Gasteiger partial charge on any atom is -0.355 e. The largest absolute Gasteiger partial charge is 0.355 e. The van der Waals surface area contributed by atoms with E-state index < -0.39 is 11.0 Å². The summed E-state index contributed by atoms with van der Waals surface area (Å²) in [6.07, 6.45) is 0.340. The Morgan fingerprint density at radius 1 is 0.972 bits per heavy atom. The van der Waals surface area contributed by atoms with Gasteiger partial charge >= 0.3 is 0 Å². The summed E-state index contributed by atoms with van der Waals surface area (Å²) >= 11 is 1.37. The number of hydrogen-bond acceptors (Lipinski definition) is 5. The average molecular weight is 510 g/mol. The molecule has 7 nitrogen and oxygen atoms in total. The summed E-state index contributed by atoms with van der Waals surface area (Å²) in [6, 6.07) is 20.8. The maximum absolute atomic E-state index is 13.5. The normalized spacial score (nSPS) is 11.5. The third-order valence-electron chi connectivity index (χ3n) is 5.53. The SMILES string of the molecule is CCNC(=O)[C@@H](Cc1ccccc1)N(Cc1ccc(F)cc1)C(=O)CSCc1ccc([N+](=O)[O-])cc1. The van der Waals surface area contributed by atoms with Crippen LogP contribution < -0.4 is 5.32 Å². The Morgan fingerprint density at radius 2 is 1.61 bits per heavy atom. The van der Waals surface area contributed by atoms with E-state index in [0.29, 0.717) is 24.3 Å². The van der Waals surface area contributed by atoms with Gasteiger partial charge < -0.3 is 10.2 Å². The fourth-order valence-electron chi connectivity index (χ4n) is 3.69. The molecule has 36 heavy (non-hydrogen) atoms. The number of likely N-dealkylation sites (N-methyl/N-ethyl adjacent to an activating group) is 1. The van der Waals surface area contributed by atoms with Crippen molar-refractivity contribution in [3.63, 3.8) is 0 Å². The maximum Gasteiger partial charge on any atom is 0.269 e. The van der Waals surface area contributed by atoms with Crippen LogP contribution in [0.2, 0.25) is 0 Å². The van der Waals surface area contributed by atoms with Crippen LogP contribution in [0.1, 0.15) is 23.6 Å². The van der Waals surface area contributed by atoms with E-state index in [1.807, 2.05) is 37.3 Å². The van der Waals surface area contributed by atoms with Gasteiger partial charge in [0.25, 0.3) is 5.69 Å². The zero-order valence-electron chi connectivity index (χ0n) is 19.9. The molecule has 0 bridgehead atoms. The standard InChI is InChI=1S/C27H28FN3O4S/c1-2-29-27(33)25(16-20-6-4-3-5-7-20)30(17-21-8-12-23(28)13-9-21)26(32)19-36-18-22-10-14-24(15-11-22)31(34)35/h3-15,25H,2,16-19H2,1H3,(H,29,33)/t25-/m1/s1. The van der Waals surface area contributed by atoms with Gasteiger partial charge in [0.2, 0.25) is 11.8 Å². The summed E-state index contributed by atoms with van der Waals surface area (Å²) in [5.74, 6) is -0.253. The third-order valence-corrected chi connectivity index (χ3v) is 6.52. The second-order valence-electron chi connectivity index (χ2n) is 8.16. The molecule has 0 heterocycles. The van der Waals surface area contributed by atoms with Crippen molar-refractivity contribution in [3.8, 4) is 0 Å². The van der Waals surface area contributed by atoms with Crippen LogP contribution in [0.3, 0.4) is 0 Å². The van der Waals surface area contributed by atoms with Gasteiger partial charge in [-0.1, -0.05) is 54.6 Å². The van der Waals surface area contributed by atoms with Crippen molar-refractivity contribution < 1.29 is 18.9 Å². The number of amides is 2. The van der Waals surface area contributed by atoms with Crippen LogP contribution >= 0.6 is 11.8 Å². The highest BCUT2D eigenvalue weighted by atomic mass is 32.2. The van der Waals surface area contributed by atoms with Crippen molar-refractivity contribution >= 4 is 29.3 Å². The number of nitrogens with one attached hydrogen (secondary N) is 1. The van der Waals surface area contributed by atoms with Crippen molar-refractivity contribution in [2.75, 3.05) is 12.3 Å². The molecular formula is C27H28FN3O4S. The Morgan fingerprint density at radius 3 is 2.22 bits per heavy atom. The number of non-ortho nitro benzene ring substituents is 1. The van der Waals surface area contributed by atoms with Crippen molar-refractivity contribution in [2.24, 2.45) is 0 Å². The van der Waals surface area contributed by atoms with E-state index in [0.717, 1.165) is 11.1 Å². The predicted octanol–water partition coefficient (Wildman–Crippen LogP) is 4.74. The number of carbonyl (C=O) groups excluding carboxylic acids is 2. The molecule has 2 amide bonds. The summed E-state index contributed by atoms with van der Waals surface area (Å²) in [4.78, 5) is 38.5. The Hall–Kier alpha value is -3.72. The first-order valence-corrected chi connectivity index (χ1v) is 12.7. The lowest BCUT2D eigenvalue weighted by molar-refractivity contribution is -0.384. The number of benzene rings is 3. The highest BCUT2D eigenvalue weighted by Crippen LogP contribution is 2.20. The molecule has 0 radical (unpaired) electrons. The first kappa shape index (κ1) is 26.9. The molecule has 0 saturated carbocycles. The summed E-state index contributed by atoms with van der Waals surface area (Å²) in [5, 5.41) is 13.7. The van der Waals surface area contributed by atoms with Gasteiger partial charge in [0, 0.05) is 37.4 Å². The molecule has 0 spiro atoms. The Kier molecular flexibility index (Phi) is 10.00. The average Bonchev–Trinajstić information content (AvgIpc) is 2.88. The summed E-state index contributed by atoms with van der Waals surface area (Å²) in [7, 11) is 0. The molecule has 0 unspecified atom stereocenters. The number of thioether (sulfide) groups is 1. The first-order chi connectivity index (χ1) is 17.4. The van der Waals surface area contributed by atoms with Gasteiger partial charge in [0.15, 0.2) is 0 Å². The van der Waals surface area contributed by atoms with Crippen LogP contribution in [0.4, 0.5) is 10.1 Å². The highest BCUT2D eigenvalue weighted by molar-refractivity contribution is 7.99. The number of hydrogen-bond donors (Lipinski definition) is 1.